The van der Waals surface area contributed by atoms with Gasteiger partial charge in [0, 0.05) is 38.3 Å². The molecule has 3 amide bonds. The number of ether oxygens (including phenoxy) is 1. The summed E-state index contributed by atoms with van der Waals surface area (Å²) in [6.07, 6.45) is 1.39. The highest BCUT2D eigenvalue weighted by Crippen LogP contribution is 2.18. The Morgan fingerprint density at radius 2 is 1.91 bits per heavy atom. The van der Waals surface area contributed by atoms with E-state index in [4.69, 9.17) is 4.74 Å². The summed E-state index contributed by atoms with van der Waals surface area (Å²) in [5, 5.41) is 5.72. The molecule has 1 aromatic carbocycles. The number of likely N-dealkylation sites (tertiary alicyclic amines) is 1. The molecule has 1 saturated heterocycles. The number of hydrogen-bond acceptors (Lipinski definition) is 3. The summed E-state index contributed by atoms with van der Waals surface area (Å²) in [5.74, 6) is 0.0396. The predicted octanol–water partition coefficient (Wildman–Crippen LogP) is 1.69. The molecule has 120 valence electrons. The van der Waals surface area contributed by atoms with E-state index in [0.29, 0.717) is 39.1 Å². The third-order valence-corrected chi connectivity index (χ3v) is 3.78. The first-order chi connectivity index (χ1) is 10.7. The van der Waals surface area contributed by atoms with E-state index in [1.807, 2.05) is 30.3 Å². The van der Waals surface area contributed by atoms with Crippen LogP contribution in [0.25, 0.3) is 0 Å². The van der Waals surface area contributed by atoms with Crippen LogP contribution in [0.1, 0.15) is 12.8 Å². The third kappa shape index (κ3) is 4.73. The van der Waals surface area contributed by atoms with Gasteiger partial charge in [-0.1, -0.05) is 18.2 Å². The topological polar surface area (TPSA) is 70.7 Å². The highest BCUT2D eigenvalue weighted by atomic mass is 16.5. The van der Waals surface area contributed by atoms with Gasteiger partial charge in [-0.15, -0.1) is 0 Å². The number of methoxy groups -OCH3 is 1. The zero-order valence-electron chi connectivity index (χ0n) is 12.9. The number of urea groups is 1. The maximum absolute atomic E-state index is 12.2. The van der Waals surface area contributed by atoms with Crippen LogP contribution in [0.2, 0.25) is 0 Å². The normalized spacial score (nSPS) is 15.4. The first-order valence-corrected chi connectivity index (χ1v) is 7.58. The van der Waals surface area contributed by atoms with E-state index in [0.717, 1.165) is 5.69 Å². The highest BCUT2D eigenvalue weighted by Gasteiger charge is 2.27. The minimum atomic E-state index is -0.107. The average Bonchev–Trinajstić information content (AvgIpc) is 2.56. The van der Waals surface area contributed by atoms with Gasteiger partial charge >= 0.3 is 6.03 Å². The molecule has 0 atom stereocenters. The van der Waals surface area contributed by atoms with Gasteiger partial charge < -0.3 is 20.3 Å². The summed E-state index contributed by atoms with van der Waals surface area (Å²) < 4.78 is 4.91. The molecule has 2 N–H and O–H groups in total. The van der Waals surface area contributed by atoms with Crippen molar-refractivity contribution in [2.45, 2.75) is 12.8 Å². The number of para-hydroxylation sites is 1. The lowest BCUT2D eigenvalue weighted by Crippen LogP contribution is -2.45. The molecular weight excluding hydrogens is 282 g/mol. The smallest absolute Gasteiger partial charge is 0.321 e. The second-order valence-corrected chi connectivity index (χ2v) is 5.34. The Kier molecular flexibility index (Phi) is 6.21. The van der Waals surface area contributed by atoms with Gasteiger partial charge in [0.05, 0.1) is 6.61 Å². The standard InChI is InChI=1S/C16H23N3O3/c1-22-12-9-17-15(20)13-7-10-19(11-8-13)16(21)18-14-5-3-2-4-6-14/h2-6,13H,7-12H2,1H3,(H,17,20)(H,18,21). The number of amides is 3. The zero-order chi connectivity index (χ0) is 15.8. The molecule has 6 nitrogen and oxygen atoms in total. The molecule has 2 rings (SSSR count). The minimum Gasteiger partial charge on any atom is -0.383 e. The fourth-order valence-electron chi connectivity index (χ4n) is 2.49. The Hall–Kier alpha value is -2.08. The number of nitrogens with one attached hydrogen (secondary N) is 2. The van der Waals surface area contributed by atoms with Crippen LogP contribution in [0.15, 0.2) is 30.3 Å². The molecule has 1 aliphatic rings. The largest absolute Gasteiger partial charge is 0.383 e. The van der Waals surface area contributed by atoms with Crippen molar-refractivity contribution in [2.75, 3.05) is 38.7 Å². The molecule has 0 aliphatic carbocycles. The van der Waals surface area contributed by atoms with Crippen LogP contribution >= 0.6 is 0 Å². The number of piperidine rings is 1. The molecule has 0 spiro atoms. The van der Waals surface area contributed by atoms with Gasteiger partial charge in [-0.3, -0.25) is 4.79 Å². The quantitative estimate of drug-likeness (QED) is 0.813. The van der Waals surface area contributed by atoms with Crippen LogP contribution in [0.3, 0.4) is 0 Å². The third-order valence-electron chi connectivity index (χ3n) is 3.78. The first kappa shape index (κ1) is 16.3. The van der Waals surface area contributed by atoms with Crippen LogP contribution in [-0.4, -0.2) is 50.2 Å². The molecular formula is C16H23N3O3. The molecule has 6 heteroatoms. The second-order valence-electron chi connectivity index (χ2n) is 5.34. The minimum absolute atomic E-state index is 0.0161. The van der Waals surface area contributed by atoms with Gasteiger partial charge in [0.1, 0.15) is 0 Å². The molecule has 1 aromatic rings. The van der Waals surface area contributed by atoms with Gasteiger partial charge in [-0.25, -0.2) is 4.79 Å². The second kappa shape index (κ2) is 8.38. The van der Waals surface area contributed by atoms with Gasteiger partial charge in [-0.05, 0) is 25.0 Å². The molecule has 0 unspecified atom stereocenters. The maximum Gasteiger partial charge on any atom is 0.321 e. The van der Waals surface area contributed by atoms with Crippen molar-refractivity contribution in [2.24, 2.45) is 5.92 Å². The van der Waals surface area contributed by atoms with Crippen molar-refractivity contribution < 1.29 is 14.3 Å². The fraction of sp³-hybridized carbons (Fsp3) is 0.500. The van der Waals surface area contributed by atoms with Crippen LogP contribution in [-0.2, 0) is 9.53 Å². The SMILES string of the molecule is COCCNC(=O)C1CCN(C(=O)Nc2ccccc2)CC1. The van der Waals surface area contributed by atoms with Crippen molar-refractivity contribution in [1.82, 2.24) is 10.2 Å². The first-order valence-electron chi connectivity index (χ1n) is 7.58. The van der Waals surface area contributed by atoms with Crippen molar-refractivity contribution in [3.05, 3.63) is 30.3 Å². The number of nitrogens with zero attached hydrogens (tertiary/aromatic N) is 1. The Morgan fingerprint density at radius 3 is 2.55 bits per heavy atom. The summed E-state index contributed by atoms with van der Waals surface area (Å²) in [4.78, 5) is 25.9. The van der Waals surface area contributed by atoms with Crippen molar-refractivity contribution in [3.8, 4) is 0 Å². The maximum atomic E-state index is 12.2. The number of rotatable bonds is 5. The summed E-state index contributed by atoms with van der Waals surface area (Å²) in [6, 6.07) is 9.27. The Labute approximate surface area is 130 Å². The Balaban J connectivity index is 1.74. The van der Waals surface area contributed by atoms with E-state index in [2.05, 4.69) is 10.6 Å². The van der Waals surface area contributed by atoms with E-state index >= 15 is 0 Å². The molecule has 1 heterocycles. The fourth-order valence-corrected chi connectivity index (χ4v) is 2.49. The monoisotopic (exact) mass is 305 g/mol. The summed E-state index contributed by atoms with van der Waals surface area (Å²) in [5.41, 5.74) is 0.784. The van der Waals surface area contributed by atoms with E-state index in [1.54, 1.807) is 12.0 Å². The lowest BCUT2D eigenvalue weighted by atomic mass is 9.96. The van der Waals surface area contributed by atoms with Gasteiger partial charge in [-0.2, -0.15) is 0 Å². The van der Waals surface area contributed by atoms with Crippen molar-refractivity contribution >= 4 is 17.6 Å². The molecule has 22 heavy (non-hydrogen) atoms. The molecule has 0 radical (unpaired) electrons. The van der Waals surface area contributed by atoms with Gasteiger partial charge in [0.2, 0.25) is 5.91 Å². The van der Waals surface area contributed by atoms with Crippen LogP contribution in [0.4, 0.5) is 10.5 Å². The lowest BCUT2D eigenvalue weighted by Gasteiger charge is -2.31. The molecule has 0 bridgehead atoms. The van der Waals surface area contributed by atoms with Gasteiger partial charge in [0.25, 0.3) is 0 Å². The highest BCUT2D eigenvalue weighted by molar-refractivity contribution is 5.89. The van der Waals surface area contributed by atoms with Crippen LogP contribution in [0, 0.1) is 5.92 Å². The molecule has 0 aromatic heterocycles. The van der Waals surface area contributed by atoms with Crippen LogP contribution < -0.4 is 10.6 Å². The van der Waals surface area contributed by atoms with Crippen LogP contribution in [0.5, 0.6) is 0 Å². The number of anilines is 1. The average molecular weight is 305 g/mol. The Morgan fingerprint density at radius 1 is 1.23 bits per heavy atom. The summed E-state index contributed by atoms with van der Waals surface area (Å²) in [7, 11) is 1.61. The number of carbonyl (C=O) groups is 2. The van der Waals surface area contributed by atoms with Crippen molar-refractivity contribution in [3.63, 3.8) is 0 Å². The van der Waals surface area contributed by atoms with E-state index in [1.165, 1.54) is 0 Å². The van der Waals surface area contributed by atoms with Crippen molar-refractivity contribution in [1.29, 1.82) is 0 Å². The van der Waals surface area contributed by atoms with E-state index in [9.17, 15) is 9.59 Å². The number of carbonyl (C=O) groups excluding carboxylic acids is 2. The zero-order valence-corrected chi connectivity index (χ0v) is 12.9. The van der Waals surface area contributed by atoms with E-state index < -0.39 is 0 Å². The predicted molar refractivity (Wildman–Crippen MR) is 84.6 cm³/mol. The van der Waals surface area contributed by atoms with Gasteiger partial charge in [0.15, 0.2) is 0 Å². The molecule has 1 fully saturated rings. The van der Waals surface area contributed by atoms with E-state index in [-0.39, 0.29) is 17.9 Å². The Bertz CT molecular complexity index is 485. The molecule has 1 aliphatic heterocycles. The summed E-state index contributed by atoms with van der Waals surface area (Å²) >= 11 is 0. The number of hydrogen-bond donors (Lipinski definition) is 2. The molecule has 0 saturated carbocycles. The summed E-state index contributed by atoms with van der Waals surface area (Å²) in [6.45, 7) is 2.25. The lowest BCUT2D eigenvalue weighted by molar-refractivity contribution is -0.126. The number of benzene rings is 1.